The molecule has 0 aliphatic rings. The summed E-state index contributed by atoms with van der Waals surface area (Å²) in [4.78, 5) is 25.4. The van der Waals surface area contributed by atoms with E-state index in [4.69, 9.17) is 32.7 Å². The topological polar surface area (TPSA) is 67.9 Å². The monoisotopic (exact) mass is 396 g/mol. The number of nitrogens with zero attached hydrogens (tertiary/aromatic N) is 1. The Balaban J connectivity index is 1.81. The molecule has 0 fully saturated rings. The average Bonchev–Trinajstić information content (AvgIpc) is 2.63. The zero-order chi connectivity index (χ0) is 19.1. The van der Waals surface area contributed by atoms with E-state index in [1.54, 1.807) is 43.5 Å². The maximum atomic E-state index is 12.1. The quantitative estimate of drug-likeness (QED) is 0.777. The number of anilines is 1. The van der Waals surface area contributed by atoms with Crippen molar-refractivity contribution < 1.29 is 19.1 Å². The molecular weight excluding hydrogens is 379 g/mol. The number of methoxy groups -OCH3 is 1. The van der Waals surface area contributed by atoms with E-state index in [1.165, 1.54) is 18.0 Å². The summed E-state index contributed by atoms with van der Waals surface area (Å²) in [6, 6.07) is 11.6. The molecule has 2 aromatic carbocycles. The molecule has 0 aliphatic carbocycles. The number of nitrogens with one attached hydrogen (secondary N) is 1. The molecule has 26 heavy (non-hydrogen) atoms. The molecule has 0 atom stereocenters. The number of carbonyl (C=O) groups is 2. The van der Waals surface area contributed by atoms with E-state index >= 15 is 0 Å². The molecule has 0 radical (unpaired) electrons. The van der Waals surface area contributed by atoms with Crippen molar-refractivity contribution in [1.82, 2.24) is 4.90 Å². The fraction of sp³-hybridized carbons (Fsp3) is 0.222. The van der Waals surface area contributed by atoms with E-state index in [2.05, 4.69) is 5.32 Å². The summed E-state index contributed by atoms with van der Waals surface area (Å²) in [5.74, 6) is 0.543. The van der Waals surface area contributed by atoms with Gasteiger partial charge in [0.1, 0.15) is 11.5 Å². The molecule has 2 aromatic rings. The van der Waals surface area contributed by atoms with Crippen LogP contribution in [0.5, 0.6) is 11.5 Å². The van der Waals surface area contributed by atoms with Crippen LogP contribution in [0.4, 0.5) is 5.69 Å². The van der Waals surface area contributed by atoms with Gasteiger partial charge in [-0.25, -0.2) is 0 Å². The third-order valence-electron chi connectivity index (χ3n) is 3.43. The van der Waals surface area contributed by atoms with Crippen molar-refractivity contribution in [2.75, 3.05) is 32.6 Å². The molecule has 0 unspecified atom stereocenters. The molecule has 0 saturated carbocycles. The Kier molecular flexibility index (Phi) is 7.12. The zero-order valence-electron chi connectivity index (χ0n) is 14.3. The van der Waals surface area contributed by atoms with E-state index in [0.717, 1.165) is 0 Å². The van der Waals surface area contributed by atoms with E-state index < -0.39 is 0 Å². The van der Waals surface area contributed by atoms with Crippen LogP contribution in [0.15, 0.2) is 42.5 Å². The second-order valence-corrected chi connectivity index (χ2v) is 6.21. The average molecular weight is 397 g/mol. The molecule has 1 N–H and O–H groups in total. The fourth-order valence-corrected chi connectivity index (χ4v) is 2.30. The number of ether oxygens (including phenoxy) is 2. The minimum absolute atomic E-state index is 0.120. The predicted molar refractivity (Wildman–Crippen MR) is 101 cm³/mol. The smallest absolute Gasteiger partial charge is 0.260 e. The summed E-state index contributed by atoms with van der Waals surface area (Å²) in [6.45, 7) is -0.298. The lowest BCUT2D eigenvalue weighted by Crippen LogP contribution is -2.37. The van der Waals surface area contributed by atoms with E-state index in [-0.39, 0.29) is 25.0 Å². The van der Waals surface area contributed by atoms with Crippen LogP contribution in [0.1, 0.15) is 0 Å². The van der Waals surface area contributed by atoms with Crippen molar-refractivity contribution in [2.45, 2.75) is 0 Å². The highest BCUT2D eigenvalue weighted by Crippen LogP contribution is 2.25. The molecule has 0 aromatic heterocycles. The normalized spacial score (nSPS) is 10.2. The van der Waals surface area contributed by atoms with Gasteiger partial charge in [-0.3, -0.25) is 9.59 Å². The molecule has 8 heteroatoms. The van der Waals surface area contributed by atoms with Crippen molar-refractivity contribution in [3.05, 3.63) is 52.5 Å². The van der Waals surface area contributed by atoms with Crippen molar-refractivity contribution in [2.24, 2.45) is 0 Å². The highest BCUT2D eigenvalue weighted by atomic mass is 35.5. The number of rotatable bonds is 7. The van der Waals surface area contributed by atoms with Crippen LogP contribution in [-0.2, 0) is 9.59 Å². The fourth-order valence-electron chi connectivity index (χ4n) is 2.01. The molecule has 0 heterocycles. The molecule has 0 spiro atoms. The van der Waals surface area contributed by atoms with Gasteiger partial charge >= 0.3 is 0 Å². The second kappa shape index (κ2) is 9.31. The molecule has 0 aliphatic heterocycles. The maximum Gasteiger partial charge on any atom is 0.260 e. The Bertz CT molecular complexity index is 781. The first kappa shape index (κ1) is 19.9. The first-order chi connectivity index (χ1) is 12.4. The number of hydrogen-bond acceptors (Lipinski definition) is 4. The Morgan fingerprint density at radius 3 is 2.31 bits per heavy atom. The number of likely N-dealkylation sites (N-methyl/N-ethyl adjacent to an activating group) is 1. The number of amides is 2. The molecule has 2 amide bonds. The first-order valence-corrected chi connectivity index (χ1v) is 8.40. The van der Waals surface area contributed by atoms with Crippen molar-refractivity contribution in [1.29, 1.82) is 0 Å². The molecular formula is C18H18Cl2N2O4. The summed E-state index contributed by atoms with van der Waals surface area (Å²) in [7, 11) is 3.09. The molecule has 0 saturated heterocycles. The summed E-state index contributed by atoms with van der Waals surface area (Å²) in [5, 5.41) is 3.38. The van der Waals surface area contributed by atoms with Gasteiger partial charge in [-0.1, -0.05) is 23.2 Å². The minimum atomic E-state index is -0.358. The van der Waals surface area contributed by atoms with Gasteiger partial charge < -0.3 is 19.7 Å². The maximum absolute atomic E-state index is 12.1. The molecule has 0 bridgehead atoms. The molecule has 138 valence electrons. The van der Waals surface area contributed by atoms with Gasteiger partial charge in [0.15, 0.2) is 6.61 Å². The largest absolute Gasteiger partial charge is 0.497 e. The summed E-state index contributed by atoms with van der Waals surface area (Å²) >= 11 is 11.7. The SMILES string of the molecule is COc1ccc(OCC(=O)N(C)CC(=O)Nc2ccc(Cl)c(Cl)c2)cc1. The standard InChI is InChI=1S/C18H18Cl2N2O4/c1-22(10-17(23)21-12-3-8-15(19)16(20)9-12)18(24)11-26-14-6-4-13(25-2)5-7-14/h3-9H,10-11H2,1-2H3,(H,21,23). The van der Waals surface area contributed by atoms with Crippen LogP contribution < -0.4 is 14.8 Å². The highest BCUT2D eigenvalue weighted by Gasteiger charge is 2.14. The van der Waals surface area contributed by atoms with Gasteiger partial charge in [-0.2, -0.15) is 0 Å². The van der Waals surface area contributed by atoms with Gasteiger partial charge in [0.25, 0.3) is 5.91 Å². The van der Waals surface area contributed by atoms with Gasteiger partial charge in [0.05, 0.1) is 23.7 Å². The number of benzene rings is 2. The van der Waals surface area contributed by atoms with Crippen molar-refractivity contribution in [3.63, 3.8) is 0 Å². The van der Waals surface area contributed by atoms with Crippen LogP contribution in [0, 0.1) is 0 Å². The van der Waals surface area contributed by atoms with Gasteiger partial charge in [0.2, 0.25) is 5.91 Å². The van der Waals surface area contributed by atoms with E-state index in [1.807, 2.05) is 0 Å². The van der Waals surface area contributed by atoms with Crippen molar-refractivity contribution >= 4 is 40.7 Å². The van der Waals surface area contributed by atoms with E-state index in [9.17, 15) is 9.59 Å². The minimum Gasteiger partial charge on any atom is -0.497 e. The Morgan fingerprint density at radius 2 is 1.69 bits per heavy atom. The van der Waals surface area contributed by atoms with Crippen molar-refractivity contribution in [3.8, 4) is 11.5 Å². The highest BCUT2D eigenvalue weighted by molar-refractivity contribution is 6.42. The lowest BCUT2D eigenvalue weighted by molar-refractivity contribution is -0.135. The Labute approximate surface area is 161 Å². The number of halogens is 2. The predicted octanol–water partition coefficient (Wildman–Crippen LogP) is 3.48. The van der Waals surface area contributed by atoms with Gasteiger partial charge in [-0.15, -0.1) is 0 Å². The Hall–Kier alpha value is -2.44. The summed E-state index contributed by atoms with van der Waals surface area (Å²) < 4.78 is 10.5. The van der Waals surface area contributed by atoms with Gasteiger partial charge in [-0.05, 0) is 42.5 Å². The van der Waals surface area contributed by atoms with Crippen LogP contribution in [-0.4, -0.2) is 44.0 Å². The molecule has 6 nitrogen and oxygen atoms in total. The zero-order valence-corrected chi connectivity index (χ0v) is 15.8. The third-order valence-corrected chi connectivity index (χ3v) is 4.17. The second-order valence-electron chi connectivity index (χ2n) is 5.39. The van der Waals surface area contributed by atoms with Crippen LogP contribution in [0.25, 0.3) is 0 Å². The number of carbonyl (C=O) groups excluding carboxylic acids is 2. The Morgan fingerprint density at radius 1 is 1.04 bits per heavy atom. The summed E-state index contributed by atoms with van der Waals surface area (Å²) in [6.07, 6.45) is 0. The van der Waals surface area contributed by atoms with E-state index in [0.29, 0.717) is 27.2 Å². The van der Waals surface area contributed by atoms with Gasteiger partial charge in [0, 0.05) is 12.7 Å². The lowest BCUT2D eigenvalue weighted by Gasteiger charge is -2.17. The lowest BCUT2D eigenvalue weighted by atomic mass is 10.3. The van der Waals surface area contributed by atoms with Crippen LogP contribution in [0.3, 0.4) is 0 Å². The third kappa shape index (κ3) is 5.82. The summed E-state index contributed by atoms with van der Waals surface area (Å²) in [5.41, 5.74) is 0.500. The van der Waals surface area contributed by atoms with Crippen LogP contribution >= 0.6 is 23.2 Å². The first-order valence-electron chi connectivity index (χ1n) is 7.64. The van der Waals surface area contributed by atoms with Crippen LogP contribution in [0.2, 0.25) is 10.0 Å². The molecule has 2 rings (SSSR count). The number of hydrogen-bond donors (Lipinski definition) is 1.